The molecular formula is C10H18N2O2S. The molecule has 4 nitrogen and oxygen atoms in total. The van der Waals surface area contributed by atoms with Gasteiger partial charge in [0.2, 0.25) is 5.91 Å². The van der Waals surface area contributed by atoms with Gasteiger partial charge in [0.05, 0.1) is 11.6 Å². The third-order valence-corrected chi connectivity index (χ3v) is 3.98. The molecule has 0 radical (unpaired) electrons. The Bertz CT molecular complexity index is 273. The molecule has 1 saturated heterocycles. The lowest BCUT2D eigenvalue weighted by Crippen LogP contribution is -2.55. The maximum Gasteiger partial charge on any atom is 0.241 e. The summed E-state index contributed by atoms with van der Waals surface area (Å²) in [5, 5.41) is 3.11. The van der Waals surface area contributed by atoms with Crippen LogP contribution in [0.5, 0.6) is 0 Å². The monoisotopic (exact) mass is 230 g/mol. The fourth-order valence-electron chi connectivity index (χ4n) is 1.30. The first-order valence-corrected chi connectivity index (χ1v) is 6.12. The Morgan fingerprint density at radius 3 is 2.47 bits per heavy atom. The second kappa shape index (κ2) is 4.53. The Hall–Kier alpha value is -0.550. The molecule has 0 saturated carbocycles. The van der Waals surface area contributed by atoms with E-state index in [1.807, 2.05) is 0 Å². The van der Waals surface area contributed by atoms with Crippen LogP contribution in [0.4, 0.5) is 0 Å². The summed E-state index contributed by atoms with van der Waals surface area (Å²) in [6.07, 6.45) is 0. The number of likely N-dealkylation sites (N-methyl/N-ethyl adjacent to an activating group) is 1. The minimum Gasteiger partial charge on any atom is -0.332 e. The molecule has 1 heterocycles. The summed E-state index contributed by atoms with van der Waals surface area (Å²) in [5.41, 5.74) is -0.716. The van der Waals surface area contributed by atoms with E-state index in [9.17, 15) is 9.59 Å². The number of hydrogen-bond donors (Lipinski definition) is 1. The summed E-state index contributed by atoms with van der Waals surface area (Å²) >= 11 is 1.70. The van der Waals surface area contributed by atoms with Crippen molar-refractivity contribution >= 4 is 23.5 Å². The highest BCUT2D eigenvalue weighted by molar-refractivity contribution is 7.99. The van der Waals surface area contributed by atoms with Crippen LogP contribution in [-0.4, -0.2) is 46.8 Å². The van der Waals surface area contributed by atoms with E-state index in [-0.39, 0.29) is 17.7 Å². The third kappa shape index (κ3) is 2.52. The number of nitrogens with one attached hydrogen (secondary N) is 1. The lowest BCUT2D eigenvalue weighted by atomic mass is 9.97. The summed E-state index contributed by atoms with van der Waals surface area (Å²) in [5.74, 6) is 1.60. The van der Waals surface area contributed by atoms with Crippen LogP contribution in [0.3, 0.4) is 0 Å². The minimum absolute atomic E-state index is 0.000185. The van der Waals surface area contributed by atoms with Crippen LogP contribution in [0.2, 0.25) is 0 Å². The second-order valence-electron chi connectivity index (χ2n) is 4.28. The maximum absolute atomic E-state index is 12.0. The Morgan fingerprint density at radius 2 is 2.07 bits per heavy atom. The number of carbonyl (C=O) groups excluding carboxylic acids is 2. The summed E-state index contributed by atoms with van der Waals surface area (Å²) in [4.78, 5) is 24.9. The van der Waals surface area contributed by atoms with Crippen LogP contribution in [0.25, 0.3) is 0 Å². The summed E-state index contributed by atoms with van der Waals surface area (Å²) in [6, 6.07) is -0.140. The average Bonchev–Trinajstić information content (AvgIpc) is 2.67. The molecule has 1 aliphatic heterocycles. The van der Waals surface area contributed by atoms with Gasteiger partial charge in [0, 0.05) is 18.7 Å². The van der Waals surface area contributed by atoms with Crippen molar-refractivity contribution in [2.24, 2.45) is 0 Å². The van der Waals surface area contributed by atoms with E-state index in [0.29, 0.717) is 0 Å². The van der Waals surface area contributed by atoms with Crippen LogP contribution in [-0.2, 0) is 9.59 Å². The summed E-state index contributed by atoms with van der Waals surface area (Å²) < 4.78 is 0. The van der Waals surface area contributed by atoms with Gasteiger partial charge < -0.3 is 4.90 Å². The van der Waals surface area contributed by atoms with Gasteiger partial charge in [-0.1, -0.05) is 0 Å². The molecule has 5 heteroatoms. The Kier molecular flexibility index (Phi) is 3.78. The molecule has 0 aliphatic carbocycles. The van der Waals surface area contributed by atoms with Gasteiger partial charge in [0.15, 0.2) is 5.78 Å². The van der Waals surface area contributed by atoms with Gasteiger partial charge in [0.1, 0.15) is 0 Å². The zero-order valence-corrected chi connectivity index (χ0v) is 10.5. The first-order valence-electron chi connectivity index (χ1n) is 4.97. The van der Waals surface area contributed by atoms with E-state index >= 15 is 0 Å². The van der Waals surface area contributed by atoms with Crippen LogP contribution < -0.4 is 5.32 Å². The van der Waals surface area contributed by atoms with Crippen LogP contribution in [0, 0.1) is 0 Å². The number of Topliss-reactive ketones (excluding diaryl/α,β-unsaturated/α-hetero) is 1. The molecule has 1 unspecified atom stereocenters. The Balaban J connectivity index is 2.70. The topological polar surface area (TPSA) is 49.4 Å². The molecule has 1 N–H and O–H groups in total. The Labute approximate surface area is 94.8 Å². The molecule has 1 amide bonds. The van der Waals surface area contributed by atoms with Crippen molar-refractivity contribution in [3.8, 4) is 0 Å². The highest BCUT2D eigenvalue weighted by Crippen LogP contribution is 2.18. The molecule has 1 fully saturated rings. The molecule has 0 spiro atoms. The maximum atomic E-state index is 12.0. The normalized spacial score (nSPS) is 21.5. The number of ketones is 1. The van der Waals surface area contributed by atoms with Crippen LogP contribution >= 0.6 is 11.8 Å². The van der Waals surface area contributed by atoms with Gasteiger partial charge in [-0.15, -0.1) is 11.8 Å². The molecule has 0 aromatic rings. The fraction of sp³-hybridized carbons (Fsp3) is 0.800. The second-order valence-corrected chi connectivity index (χ2v) is 5.31. The first-order chi connectivity index (χ1) is 6.87. The van der Waals surface area contributed by atoms with Crippen molar-refractivity contribution in [1.29, 1.82) is 0 Å². The Morgan fingerprint density at radius 1 is 1.47 bits per heavy atom. The van der Waals surface area contributed by atoms with Gasteiger partial charge in [-0.3, -0.25) is 14.9 Å². The third-order valence-electron chi connectivity index (χ3n) is 3.05. The molecular weight excluding hydrogens is 212 g/mol. The standard InChI is InChI=1S/C10H18N2O2S/c1-7(13)10(2,3)12(4)9(14)8-5-15-6-11-8/h8,11H,5-6H2,1-4H3. The highest BCUT2D eigenvalue weighted by atomic mass is 32.2. The number of carbonyl (C=O) groups is 2. The van der Waals surface area contributed by atoms with Gasteiger partial charge in [0.25, 0.3) is 0 Å². The first kappa shape index (κ1) is 12.5. The molecule has 0 aromatic heterocycles. The lowest BCUT2D eigenvalue weighted by Gasteiger charge is -2.34. The van der Waals surface area contributed by atoms with Gasteiger partial charge in [-0.05, 0) is 20.8 Å². The predicted molar refractivity (Wildman–Crippen MR) is 61.8 cm³/mol. The molecule has 86 valence electrons. The highest BCUT2D eigenvalue weighted by Gasteiger charge is 2.36. The number of hydrogen-bond acceptors (Lipinski definition) is 4. The molecule has 1 aliphatic rings. The summed E-state index contributed by atoms with van der Waals surface area (Å²) in [7, 11) is 1.69. The molecule has 1 rings (SSSR count). The van der Waals surface area contributed by atoms with Gasteiger partial charge in [-0.2, -0.15) is 0 Å². The van der Waals surface area contributed by atoms with Crippen molar-refractivity contribution in [2.75, 3.05) is 18.7 Å². The van der Waals surface area contributed by atoms with E-state index in [2.05, 4.69) is 5.32 Å². The zero-order chi connectivity index (χ0) is 11.6. The van der Waals surface area contributed by atoms with E-state index in [1.54, 1.807) is 37.6 Å². The van der Waals surface area contributed by atoms with Gasteiger partial charge >= 0.3 is 0 Å². The van der Waals surface area contributed by atoms with Crippen molar-refractivity contribution in [3.63, 3.8) is 0 Å². The number of thioether (sulfide) groups is 1. The number of nitrogens with zero attached hydrogens (tertiary/aromatic N) is 1. The molecule has 0 aromatic carbocycles. The quantitative estimate of drug-likeness (QED) is 0.766. The van der Waals surface area contributed by atoms with E-state index in [0.717, 1.165) is 11.6 Å². The number of rotatable bonds is 3. The molecule has 15 heavy (non-hydrogen) atoms. The SMILES string of the molecule is CC(=O)C(C)(C)N(C)C(=O)C1CSCN1. The van der Waals surface area contributed by atoms with Crippen molar-refractivity contribution in [2.45, 2.75) is 32.4 Å². The van der Waals surface area contributed by atoms with Crippen LogP contribution in [0.1, 0.15) is 20.8 Å². The molecule has 0 bridgehead atoms. The average molecular weight is 230 g/mol. The van der Waals surface area contributed by atoms with Crippen molar-refractivity contribution in [1.82, 2.24) is 10.2 Å². The zero-order valence-electron chi connectivity index (χ0n) is 9.66. The van der Waals surface area contributed by atoms with E-state index < -0.39 is 5.54 Å². The van der Waals surface area contributed by atoms with Crippen molar-refractivity contribution < 1.29 is 9.59 Å². The largest absolute Gasteiger partial charge is 0.332 e. The fourth-order valence-corrected chi connectivity index (χ4v) is 2.23. The van der Waals surface area contributed by atoms with E-state index in [4.69, 9.17) is 0 Å². The van der Waals surface area contributed by atoms with Crippen molar-refractivity contribution in [3.05, 3.63) is 0 Å². The lowest BCUT2D eigenvalue weighted by molar-refractivity contribution is -0.143. The smallest absolute Gasteiger partial charge is 0.241 e. The van der Waals surface area contributed by atoms with Gasteiger partial charge in [-0.25, -0.2) is 0 Å². The molecule has 1 atom stereocenters. The predicted octanol–water partition coefficient (Wildman–Crippen LogP) is 0.475. The van der Waals surface area contributed by atoms with E-state index in [1.165, 1.54) is 6.92 Å². The number of amides is 1. The van der Waals surface area contributed by atoms with Crippen LogP contribution in [0.15, 0.2) is 0 Å². The summed E-state index contributed by atoms with van der Waals surface area (Å²) in [6.45, 7) is 5.06. The minimum atomic E-state index is -0.716.